The van der Waals surface area contributed by atoms with Gasteiger partial charge in [0.05, 0.1) is 10.0 Å². The Balaban J connectivity index is 1.68. The SMILES string of the molecule is CCn1nc(C(=O)N2CCN(c3ccc(Cl)c(Cl)c3)CC2)ccc1=O. The fourth-order valence-electron chi connectivity index (χ4n) is 2.80. The van der Waals surface area contributed by atoms with E-state index in [2.05, 4.69) is 10.00 Å². The highest BCUT2D eigenvalue weighted by Crippen LogP contribution is 2.27. The summed E-state index contributed by atoms with van der Waals surface area (Å²) in [5, 5.41) is 5.17. The summed E-state index contributed by atoms with van der Waals surface area (Å²) in [6.07, 6.45) is 0. The minimum Gasteiger partial charge on any atom is -0.368 e. The highest BCUT2D eigenvalue weighted by Gasteiger charge is 2.24. The van der Waals surface area contributed by atoms with E-state index in [1.54, 1.807) is 11.0 Å². The fourth-order valence-corrected chi connectivity index (χ4v) is 3.09. The third-order valence-corrected chi connectivity index (χ3v) is 4.96. The first-order valence-electron chi connectivity index (χ1n) is 8.07. The number of piperazine rings is 1. The van der Waals surface area contributed by atoms with Crippen molar-refractivity contribution in [1.82, 2.24) is 14.7 Å². The number of carbonyl (C=O) groups is 1. The number of benzene rings is 1. The van der Waals surface area contributed by atoms with E-state index in [0.29, 0.717) is 48.5 Å². The molecule has 1 saturated heterocycles. The zero-order valence-corrected chi connectivity index (χ0v) is 15.3. The van der Waals surface area contributed by atoms with Gasteiger partial charge in [-0.25, -0.2) is 4.68 Å². The lowest BCUT2D eigenvalue weighted by Crippen LogP contribution is -2.49. The molecule has 8 heteroatoms. The van der Waals surface area contributed by atoms with Crippen molar-refractivity contribution in [2.45, 2.75) is 13.5 Å². The molecule has 1 fully saturated rings. The standard InChI is InChI=1S/C17H18Cl2N4O2/c1-2-23-16(24)6-5-15(20-23)17(25)22-9-7-21(8-10-22)12-3-4-13(18)14(19)11-12/h3-6,11H,2,7-10H2,1H3. The first-order valence-corrected chi connectivity index (χ1v) is 8.82. The molecule has 25 heavy (non-hydrogen) atoms. The summed E-state index contributed by atoms with van der Waals surface area (Å²) in [6.45, 7) is 4.79. The predicted octanol–water partition coefficient (Wildman–Crippen LogP) is 2.53. The molecule has 1 aliphatic rings. The fraction of sp³-hybridized carbons (Fsp3) is 0.353. The number of nitrogens with zero attached hydrogens (tertiary/aromatic N) is 4. The minimum absolute atomic E-state index is 0.156. The molecule has 2 aromatic rings. The van der Waals surface area contributed by atoms with Crippen LogP contribution in [0.15, 0.2) is 35.1 Å². The molecule has 3 rings (SSSR count). The first kappa shape index (κ1) is 17.8. The summed E-state index contributed by atoms with van der Waals surface area (Å²) in [4.78, 5) is 28.1. The van der Waals surface area contributed by atoms with Gasteiger partial charge in [-0.2, -0.15) is 5.10 Å². The molecule has 0 bridgehead atoms. The predicted molar refractivity (Wildman–Crippen MR) is 98.7 cm³/mol. The Kier molecular flexibility index (Phi) is 5.30. The molecule has 6 nitrogen and oxygen atoms in total. The van der Waals surface area contributed by atoms with Gasteiger partial charge in [-0.1, -0.05) is 23.2 Å². The van der Waals surface area contributed by atoms with E-state index >= 15 is 0 Å². The second kappa shape index (κ2) is 7.45. The molecular formula is C17H18Cl2N4O2. The lowest BCUT2D eigenvalue weighted by molar-refractivity contribution is 0.0738. The zero-order valence-electron chi connectivity index (χ0n) is 13.8. The van der Waals surface area contributed by atoms with E-state index in [0.717, 1.165) is 5.69 Å². The van der Waals surface area contributed by atoms with Crippen LogP contribution in [0.4, 0.5) is 5.69 Å². The Morgan fingerprint density at radius 2 is 1.80 bits per heavy atom. The minimum atomic E-state index is -0.205. The average Bonchev–Trinajstić information content (AvgIpc) is 2.64. The van der Waals surface area contributed by atoms with Crippen LogP contribution in [0, 0.1) is 0 Å². The Morgan fingerprint density at radius 1 is 1.08 bits per heavy atom. The van der Waals surface area contributed by atoms with Crippen molar-refractivity contribution in [3.8, 4) is 0 Å². The molecular weight excluding hydrogens is 363 g/mol. The molecule has 0 aliphatic carbocycles. The second-order valence-electron chi connectivity index (χ2n) is 5.75. The Morgan fingerprint density at radius 3 is 2.44 bits per heavy atom. The number of rotatable bonds is 3. The second-order valence-corrected chi connectivity index (χ2v) is 6.56. The molecule has 0 saturated carbocycles. The van der Waals surface area contributed by atoms with E-state index in [1.807, 2.05) is 19.1 Å². The van der Waals surface area contributed by atoms with Gasteiger partial charge < -0.3 is 9.80 Å². The van der Waals surface area contributed by atoms with Gasteiger partial charge in [-0.05, 0) is 31.2 Å². The summed E-state index contributed by atoms with van der Waals surface area (Å²) in [5.74, 6) is -0.156. The van der Waals surface area contributed by atoms with Crippen LogP contribution in [0.1, 0.15) is 17.4 Å². The lowest BCUT2D eigenvalue weighted by Gasteiger charge is -2.36. The Labute approximate surface area is 155 Å². The highest BCUT2D eigenvalue weighted by molar-refractivity contribution is 6.42. The summed E-state index contributed by atoms with van der Waals surface area (Å²) in [5.41, 5.74) is 1.08. The van der Waals surface area contributed by atoms with E-state index in [9.17, 15) is 9.59 Å². The topological polar surface area (TPSA) is 58.4 Å². The highest BCUT2D eigenvalue weighted by atomic mass is 35.5. The number of carbonyl (C=O) groups excluding carboxylic acids is 1. The number of aryl methyl sites for hydroxylation is 1. The molecule has 1 aromatic heterocycles. The number of aromatic nitrogens is 2. The largest absolute Gasteiger partial charge is 0.368 e. The molecule has 0 unspecified atom stereocenters. The van der Waals surface area contributed by atoms with Crippen molar-refractivity contribution in [2.24, 2.45) is 0 Å². The monoisotopic (exact) mass is 380 g/mol. The van der Waals surface area contributed by atoms with Crippen molar-refractivity contribution < 1.29 is 4.79 Å². The quantitative estimate of drug-likeness (QED) is 0.820. The van der Waals surface area contributed by atoms with Crippen molar-refractivity contribution in [3.05, 3.63) is 56.4 Å². The molecule has 0 N–H and O–H groups in total. The maximum absolute atomic E-state index is 12.6. The van der Waals surface area contributed by atoms with Crippen molar-refractivity contribution in [2.75, 3.05) is 31.1 Å². The maximum Gasteiger partial charge on any atom is 0.274 e. The molecule has 132 valence electrons. The van der Waals surface area contributed by atoms with Gasteiger partial charge >= 0.3 is 0 Å². The van der Waals surface area contributed by atoms with Crippen molar-refractivity contribution in [3.63, 3.8) is 0 Å². The average molecular weight is 381 g/mol. The van der Waals surface area contributed by atoms with Crippen molar-refractivity contribution >= 4 is 34.8 Å². The Hall–Kier alpha value is -2.05. The molecule has 1 aromatic carbocycles. The van der Waals surface area contributed by atoms with Gasteiger partial charge in [0, 0.05) is 44.5 Å². The molecule has 2 heterocycles. The van der Waals surface area contributed by atoms with Gasteiger partial charge in [0.25, 0.3) is 11.5 Å². The molecule has 1 amide bonds. The van der Waals surface area contributed by atoms with Gasteiger partial charge in [0.2, 0.25) is 0 Å². The number of hydrogen-bond acceptors (Lipinski definition) is 4. The normalized spacial score (nSPS) is 14.7. The Bertz CT molecular complexity index is 845. The molecule has 0 radical (unpaired) electrons. The van der Waals surface area contributed by atoms with Crippen LogP contribution < -0.4 is 10.5 Å². The van der Waals surface area contributed by atoms with Crippen molar-refractivity contribution in [1.29, 1.82) is 0 Å². The molecule has 1 aliphatic heterocycles. The maximum atomic E-state index is 12.6. The number of hydrogen-bond donors (Lipinski definition) is 0. The van der Waals surface area contributed by atoms with Crippen LogP contribution in [-0.4, -0.2) is 46.8 Å². The zero-order chi connectivity index (χ0) is 18.0. The summed E-state index contributed by atoms with van der Waals surface area (Å²) < 4.78 is 1.29. The van der Waals surface area contributed by atoms with Gasteiger partial charge in [0.1, 0.15) is 5.69 Å². The number of halogens is 2. The van der Waals surface area contributed by atoms with Crippen LogP contribution in [0.2, 0.25) is 10.0 Å². The smallest absolute Gasteiger partial charge is 0.274 e. The summed E-state index contributed by atoms with van der Waals surface area (Å²) in [7, 11) is 0. The van der Waals surface area contributed by atoms with E-state index < -0.39 is 0 Å². The van der Waals surface area contributed by atoms with Crippen LogP contribution in [0.5, 0.6) is 0 Å². The molecule has 0 atom stereocenters. The third kappa shape index (κ3) is 3.80. The third-order valence-electron chi connectivity index (χ3n) is 4.22. The number of anilines is 1. The van der Waals surface area contributed by atoms with Crippen LogP contribution >= 0.6 is 23.2 Å². The van der Waals surface area contributed by atoms with Gasteiger partial charge in [0.15, 0.2) is 0 Å². The van der Waals surface area contributed by atoms with E-state index in [1.165, 1.54) is 16.8 Å². The summed E-state index contributed by atoms with van der Waals surface area (Å²) >= 11 is 12.0. The lowest BCUT2D eigenvalue weighted by atomic mass is 10.2. The van der Waals surface area contributed by atoms with Crippen LogP contribution in [0.3, 0.4) is 0 Å². The number of amides is 1. The molecule has 0 spiro atoms. The van der Waals surface area contributed by atoms with Gasteiger partial charge in [-0.15, -0.1) is 0 Å². The van der Waals surface area contributed by atoms with Gasteiger partial charge in [-0.3, -0.25) is 9.59 Å². The van der Waals surface area contributed by atoms with Crippen LogP contribution in [-0.2, 0) is 6.54 Å². The van der Waals surface area contributed by atoms with E-state index in [4.69, 9.17) is 23.2 Å². The van der Waals surface area contributed by atoms with E-state index in [-0.39, 0.29) is 11.5 Å². The first-order chi connectivity index (χ1) is 12.0. The van der Waals surface area contributed by atoms with Crippen LogP contribution in [0.25, 0.3) is 0 Å². The summed E-state index contributed by atoms with van der Waals surface area (Å²) in [6, 6.07) is 8.40.